The lowest BCUT2D eigenvalue weighted by atomic mass is 10.0. The zero-order valence-electron chi connectivity index (χ0n) is 16.0. The number of aliphatic hydroxyl groups is 1. The highest BCUT2D eigenvalue weighted by atomic mass is 16.3. The lowest BCUT2D eigenvalue weighted by Gasteiger charge is -2.06. The molecule has 0 bridgehead atoms. The smallest absolute Gasteiger partial charge is 0.270 e. The molecule has 0 saturated heterocycles. The van der Waals surface area contributed by atoms with Gasteiger partial charge in [-0.15, -0.1) is 0 Å². The van der Waals surface area contributed by atoms with Gasteiger partial charge in [0.2, 0.25) is 0 Å². The van der Waals surface area contributed by atoms with Crippen molar-refractivity contribution in [2.45, 2.75) is 6.92 Å². The Hall–Kier alpha value is -4.11. The number of nitrogens with one attached hydrogen (secondary N) is 1. The lowest BCUT2D eigenvalue weighted by molar-refractivity contribution is -0.112. The Morgan fingerprint density at radius 1 is 1.10 bits per heavy atom. The average molecular weight is 382 g/mol. The number of aliphatic hydroxyl groups excluding tert-OH is 1. The van der Waals surface area contributed by atoms with Gasteiger partial charge in [0.05, 0.1) is 5.52 Å². The third-order valence-corrected chi connectivity index (χ3v) is 4.81. The predicted octanol–water partition coefficient (Wildman–Crippen LogP) is 4.47. The lowest BCUT2D eigenvalue weighted by Crippen LogP contribution is -2.15. The van der Waals surface area contributed by atoms with Gasteiger partial charge in [-0.25, -0.2) is 0 Å². The molecule has 0 aliphatic rings. The quantitative estimate of drug-likeness (QED) is 0.311. The van der Waals surface area contributed by atoms with Crippen molar-refractivity contribution in [3.8, 4) is 6.07 Å². The maximum Gasteiger partial charge on any atom is 0.270 e. The second kappa shape index (κ2) is 7.13. The van der Waals surface area contributed by atoms with Crippen molar-refractivity contribution >= 4 is 39.0 Å². The fourth-order valence-corrected chi connectivity index (χ4v) is 3.47. The number of nitrogens with zero attached hydrogens (tertiary/aromatic N) is 3. The van der Waals surface area contributed by atoms with Crippen molar-refractivity contribution in [1.82, 2.24) is 9.78 Å². The first-order valence-corrected chi connectivity index (χ1v) is 9.06. The van der Waals surface area contributed by atoms with Crippen LogP contribution in [-0.2, 0) is 11.8 Å². The topological polar surface area (TPSA) is 90.9 Å². The van der Waals surface area contributed by atoms with E-state index in [1.54, 1.807) is 29.9 Å². The molecule has 0 aliphatic heterocycles. The summed E-state index contributed by atoms with van der Waals surface area (Å²) < 4.78 is 1.65. The summed E-state index contributed by atoms with van der Waals surface area (Å²) >= 11 is 0. The highest BCUT2D eigenvalue weighted by Gasteiger charge is 2.22. The SMILES string of the molecule is Cc1cccc(NC(=O)/C(C#N)=C(\O)c2nn(C)c3c2ccc2ccccc23)c1. The van der Waals surface area contributed by atoms with E-state index in [0.29, 0.717) is 11.1 Å². The fourth-order valence-electron chi connectivity index (χ4n) is 3.47. The molecule has 142 valence electrons. The fraction of sp³-hybridized carbons (Fsp3) is 0.0870. The van der Waals surface area contributed by atoms with Gasteiger partial charge in [-0.05, 0) is 36.1 Å². The largest absolute Gasteiger partial charge is 0.504 e. The Bertz CT molecular complexity index is 1340. The highest BCUT2D eigenvalue weighted by Crippen LogP contribution is 2.30. The number of nitriles is 1. The molecule has 0 saturated carbocycles. The molecule has 4 rings (SSSR count). The number of carbonyl (C=O) groups excluding carboxylic acids is 1. The predicted molar refractivity (Wildman–Crippen MR) is 113 cm³/mol. The van der Waals surface area contributed by atoms with Crippen LogP contribution in [0.15, 0.2) is 66.2 Å². The number of aryl methyl sites for hydroxylation is 2. The molecule has 6 nitrogen and oxygen atoms in total. The third kappa shape index (κ3) is 3.19. The molecule has 0 fully saturated rings. The number of rotatable bonds is 3. The molecular formula is C23H18N4O2. The number of carbonyl (C=O) groups is 1. The van der Waals surface area contributed by atoms with Crippen molar-refractivity contribution in [2.24, 2.45) is 7.05 Å². The zero-order valence-corrected chi connectivity index (χ0v) is 16.0. The Morgan fingerprint density at radius 3 is 2.66 bits per heavy atom. The van der Waals surface area contributed by atoms with Crippen molar-refractivity contribution < 1.29 is 9.90 Å². The maximum absolute atomic E-state index is 12.6. The van der Waals surface area contributed by atoms with Crippen LogP contribution in [0.5, 0.6) is 0 Å². The van der Waals surface area contributed by atoms with Gasteiger partial charge < -0.3 is 10.4 Å². The number of amides is 1. The van der Waals surface area contributed by atoms with Gasteiger partial charge in [0.25, 0.3) is 5.91 Å². The van der Waals surface area contributed by atoms with Crippen LogP contribution in [0.25, 0.3) is 27.4 Å². The van der Waals surface area contributed by atoms with E-state index in [4.69, 9.17) is 0 Å². The molecule has 1 heterocycles. The number of fused-ring (bicyclic) bond motifs is 3. The summed E-state index contributed by atoms with van der Waals surface area (Å²) in [6.07, 6.45) is 0. The van der Waals surface area contributed by atoms with Gasteiger partial charge in [-0.1, -0.05) is 42.5 Å². The summed E-state index contributed by atoms with van der Waals surface area (Å²) in [7, 11) is 1.77. The normalized spacial score (nSPS) is 11.9. The Kier molecular flexibility index (Phi) is 4.49. The summed E-state index contributed by atoms with van der Waals surface area (Å²) in [6, 6.07) is 20.6. The first-order chi connectivity index (χ1) is 14.0. The summed E-state index contributed by atoms with van der Waals surface area (Å²) in [4.78, 5) is 12.6. The first kappa shape index (κ1) is 18.3. The van der Waals surface area contributed by atoms with Gasteiger partial charge >= 0.3 is 0 Å². The number of benzene rings is 3. The minimum absolute atomic E-state index is 0.198. The molecule has 6 heteroatoms. The minimum Gasteiger partial charge on any atom is -0.504 e. The molecule has 1 amide bonds. The van der Waals surface area contributed by atoms with Crippen LogP contribution < -0.4 is 5.32 Å². The molecule has 2 N–H and O–H groups in total. The summed E-state index contributed by atoms with van der Waals surface area (Å²) in [6.45, 7) is 1.90. The van der Waals surface area contributed by atoms with Crippen molar-refractivity contribution in [3.05, 3.63) is 77.5 Å². The molecule has 0 spiro atoms. The Morgan fingerprint density at radius 2 is 1.90 bits per heavy atom. The van der Waals surface area contributed by atoms with E-state index in [0.717, 1.165) is 21.9 Å². The van der Waals surface area contributed by atoms with Crippen LogP contribution in [0.2, 0.25) is 0 Å². The number of hydrogen-bond acceptors (Lipinski definition) is 4. The highest BCUT2D eigenvalue weighted by molar-refractivity contribution is 6.14. The maximum atomic E-state index is 12.6. The average Bonchev–Trinajstić information content (AvgIpc) is 3.05. The Balaban J connectivity index is 1.83. The molecule has 3 aromatic carbocycles. The summed E-state index contributed by atoms with van der Waals surface area (Å²) in [5, 5.41) is 30.1. The zero-order chi connectivity index (χ0) is 20.5. The molecular weight excluding hydrogens is 364 g/mol. The summed E-state index contributed by atoms with van der Waals surface area (Å²) in [5.74, 6) is -1.13. The van der Waals surface area contributed by atoms with Crippen molar-refractivity contribution in [2.75, 3.05) is 5.32 Å². The van der Waals surface area contributed by atoms with Crippen molar-refractivity contribution in [3.63, 3.8) is 0 Å². The number of anilines is 1. The monoisotopic (exact) mass is 382 g/mol. The molecule has 0 aliphatic carbocycles. The third-order valence-electron chi connectivity index (χ3n) is 4.81. The van der Waals surface area contributed by atoms with Crippen LogP contribution in [0, 0.1) is 18.3 Å². The van der Waals surface area contributed by atoms with E-state index in [1.165, 1.54) is 0 Å². The van der Waals surface area contributed by atoms with Crippen LogP contribution in [0.3, 0.4) is 0 Å². The Labute approximate surface area is 167 Å². The molecule has 4 aromatic rings. The van der Waals surface area contributed by atoms with Crippen LogP contribution in [0.1, 0.15) is 11.3 Å². The number of hydrogen-bond donors (Lipinski definition) is 2. The summed E-state index contributed by atoms with van der Waals surface area (Å²) in [5.41, 5.74) is 2.15. The van der Waals surface area contributed by atoms with E-state index in [-0.39, 0.29) is 11.3 Å². The molecule has 0 radical (unpaired) electrons. The minimum atomic E-state index is -0.685. The van der Waals surface area contributed by atoms with Gasteiger partial charge in [0, 0.05) is 23.5 Å². The molecule has 0 atom stereocenters. The standard InChI is InChI=1S/C23H18N4O2/c1-14-6-5-8-16(12-14)25-23(29)19(13-24)22(28)20-18-11-10-15-7-3-4-9-17(15)21(18)27(2)26-20/h3-12,28H,1-2H3,(H,25,29)/b22-19-. The van der Waals surface area contributed by atoms with Crippen LogP contribution in [0.4, 0.5) is 5.69 Å². The van der Waals surface area contributed by atoms with E-state index >= 15 is 0 Å². The van der Waals surface area contributed by atoms with E-state index in [9.17, 15) is 15.2 Å². The molecule has 0 unspecified atom stereocenters. The van der Waals surface area contributed by atoms with E-state index in [1.807, 2.05) is 55.5 Å². The number of aromatic nitrogens is 2. The second-order valence-electron chi connectivity index (χ2n) is 6.81. The van der Waals surface area contributed by atoms with Gasteiger partial charge in [0.15, 0.2) is 11.3 Å². The van der Waals surface area contributed by atoms with E-state index in [2.05, 4.69) is 10.4 Å². The van der Waals surface area contributed by atoms with Crippen LogP contribution >= 0.6 is 0 Å². The molecule has 1 aromatic heterocycles. The van der Waals surface area contributed by atoms with E-state index < -0.39 is 11.7 Å². The van der Waals surface area contributed by atoms with Crippen LogP contribution in [-0.4, -0.2) is 20.8 Å². The van der Waals surface area contributed by atoms with Gasteiger partial charge in [0.1, 0.15) is 11.8 Å². The second-order valence-corrected chi connectivity index (χ2v) is 6.81. The van der Waals surface area contributed by atoms with Crippen molar-refractivity contribution in [1.29, 1.82) is 5.26 Å². The van der Waals surface area contributed by atoms with Gasteiger partial charge in [-0.2, -0.15) is 10.4 Å². The molecule has 29 heavy (non-hydrogen) atoms. The first-order valence-electron chi connectivity index (χ1n) is 9.06. The van der Waals surface area contributed by atoms with Gasteiger partial charge in [-0.3, -0.25) is 9.48 Å².